The highest BCUT2D eigenvalue weighted by atomic mass is 32.1. The molecule has 1 amide bonds. The standard InChI is InChI=1S/C17H18N2O3S/c1-11(2)22-15-9-3-12(4-10-15)16(21)19-17(23)18-13-5-7-14(20)8-6-13/h3-11,20H,1-2H3,(H2,18,19,21,23). The minimum atomic E-state index is -0.308. The van der Waals surface area contributed by atoms with Gasteiger partial charge in [0.15, 0.2) is 5.11 Å². The van der Waals surface area contributed by atoms with Crippen LogP contribution in [0.4, 0.5) is 5.69 Å². The number of aromatic hydroxyl groups is 1. The summed E-state index contributed by atoms with van der Waals surface area (Å²) in [6.45, 7) is 3.88. The number of rotatable bonds is 4. The van der Waals surface area contributed by atoms with E-state index in [1.165, 1.54) is 12.1 Å². The van der Waals surface area contributed by atoms with Crippen molar-refractivity contribution in [3.8, 4) is 11.5 Å². The highest BCUT2D eigenvalue weighted by Gasteiger charge is 2.08. The quantitative estimate of drug-likeness (QED) is 0.593. The molecule has 2 aromatic carbocycles. The molecule has 0 aliphatic heterocycles. The summed E-state index contributed by atoms with van der Waals surface area (Å²) in [4.78, 5) is 12.1. The van der Waals surface area contributed by atoms with Gasteiger partial charge in [-0.05, 0) is 74.6 Å². The summed E-state index contributed by atoms with van der Waals surface area (Å²) in [5, 5.41) is 14.9. The predicted octanol–water partition coefficient (Wildman–Crippen LogP) is 3.31. The summed E-state index contributed by atoms with van der Waals surface area (Å²) >= 11 is 5.10. The SMILES string of the molecule is CC(C)Oc1ccc(C(=O)NC(=S)Nc2ccc(O)cc2)cc1. The molecule has 6 heteroatoms. The summed E-state index contributed by atoms with van der Waals surface area (Å²) in [6, 6.07) is 13.2. The van der Waals surface area contributed by atoms with Crippen LogP contribution in [0.25, 0.3) is 0 Å². The number of nitrogens with one attached hydrogen (secondary N) is 2. The Morgan fingerprint density at radius 2 is 1.70 bits per heavy atom. The summed E-state index contributed by atoms with van der Waals surface area (Å²) in [5.74, 6) is 0.563. The van der Waals surface area contributed by atoms with E-state index in [9.17, 15) is 9.90 Å². The van der Waals surface area contributed by atoms with E-state index in [1.54, 1.807) is 36.4 Å². The van der Waals surface area contributed by atoms with Crippen molar-refractivity contribution in [1.29, 1.82) is 0 Å². The van der Waals surface area contributed by atoms with Crippen molar-refractivity contribution in [3.05, 3.63) is 54.1 Å². The molecule has 0 atom stereocenters. The van der Waals surface area contributed by atoms with Gasteiger partial charge in [0.2, 0.25) is 0 Å². The molecule has 0 aromatic heterocycles. The van der Waals surface area contributed by atoms with Gasteiger partial charge in [0.05, 0.1) is 6.10 Å². The van der Waals surface area contributed by atoms with E-state index < -0.39 is 0 Å². The van der Waals surface area contributed by atoms with Crippen LogP contribution in [0.5, 0.6) is 11.5 Å². The number of thiocarbonyl (C=S) groups is 1. The molecule has 2 rings (SSSR count). The highest BCUT2D eigenvalue weighted by Crippen LogP contribution is 2.15. The third kappa shape index (κ3) is 5.27. The van der Waals surface area contributed by atoms with Crippen LogP contribution in [0.1, 0.15) is 24.2 Å². The van der Waals surface area contributed by atoms with Crippen molar-refractivity contribution in [2.45, 2.75) is 20.0 Å². The van der Waals surface area contributed by atoms with Gasteiger partial charge in [0, 0.05) is 11.3 Å². The molecule has 2 aromatic rings. The fraction of sp³-hybridized carbons (Fsp3) is 0.176. The minimum absolute atomic E-state index is 0.0803. The molecule has 0 spiro atoms. The number of hydrogen-bond acceptors (Lipinski definition) is 4. The van der Waals surface area contributed by atoms with E-state index in [1.807, 2.05) is 13.8 Å². The Morgan fingerprint density at radius 1 is 1.09 bits per heavy atom. The summed E-state index contributed by atoms with van der Waals surface area (Å²) in [5.41, 5.74) is 1.16. The molecule has 0 saturated carbocycles. The number of ether oxygens (including phenoxy) is 1. The first kappa shape index (κ1) is 16.8. The summed E-state index contributed by atoms with van der Waals surface area (Å²) in [7, 11) is 0. The molecule has 0 bridgehead atoms. The van der Waals surface area contributed by atoms with Gasteiger partial charge in [-0.2, -0.15) is 0 Å². The first-order valence-corrected chi connectivity index (χ1v) is 7.53. The van der Waals surface area contributed by atoms with Crippen LogP contribution in [0.3, 0.4) is 0 Å². The first-order chi connectivity index (χ1) is 10.9. The van der Waals surface area contributed by atoms with E-state index in [4.69, 9.17) is 17.0 Å². The zero-order valence-corrected chi connectivity index (χ0v) is 13.7. The van der Waals surface area contributed by atoms with Gasteiger partial charge < -0.3 is 15.2 Å². The molecule has 0 aliphatic carbocycles. The van der Waals surface area contributed by atoms with Crippen molar-refractivity contribution in [2.75, 3.05) is 5.32 Å². The maximum absolute atomic E-state index is 12.1. The van der Waals surface area contributed by atoms with Crippen LogP contribution in [0.2, 0.25) is 0 Å². The van der Waals surface area contributed by atoms with E-state index in [0.29, 0.717) is 17.0 Å². The lowest BCUT2D eigenvalue weighted by Gasteiger charge is -2.11. The number of phenolic OH excluding ortho intramolecular Hbond substituents is 1. The Morgan fingerprint density at radius 3 is 2.26 bits per heavy atom. The number of carbonyl (C=O) groups is 1. The second-order valence-corrected chi connectivity index (χ2v) is 5.55. The number of anilines is 1. The molecule has 0 heterocycles. The van der Waals surface area contributed by atoms with Crippen LogP contribution in [-0.2, 0) is 0 Å². The van der Waals surface area contributed by atoms with Gasteiger partial charge in [-0.1, -0.05) is 0 Å². The second-order valence-electron chi connectivity index (χ2n) is 5.15. The lowest BCUT2D eigenvalue weighted by atomic mass is 10.2. The molecule has 0 radical (unpaired) electrons. The van der Waals surface area contributed by atoms with Crippen molar-refractivity contribution >= 4 is 28.9 Å². The Balaban J connectivity index is 1.92. The second kappa shape index (κ2) is 7.60. The zero-order chi connectivity index (χ0) is 16.8. The summed E-state index contributed by atoms with van der Waals surface area (Å²) < 4.78 is 5.53. The number of benzene rings is 2. The number of carbonyl (C=O) groups excluding carboxylic acids is 1. The molecule has 0 aliphatic rings. The molecular weight excluding hydrogens is 312 g/mol. The highest BCUT2D eigenvalue weighted by molar-refractivity contribution is 7.80. The maximum atomic E-state index is 12.1. The smallest absolute Gasteiger partial charge is 0.257 e. The van der Waals surface area contributed by atoms with Gasteiger partial charge in [0.25, 0.3) is 5.91 Å². The summed E-state index contributed by atoms with van der Waals surface area (Å²) in [6.07, 6.45) is 0.0803. The van der Waals surface area contributed by atoms with Crippen molar-refractivity contribution in [3.63, 3.8) is 0 Å². The molecule has 3 N–H and O–H groups in total. The lowest BCUT2D eigenvalue weighted by molar-refractivity contribution is 0.0977. The molecule has 0 fully saturated rings. The van der Waals surface area contributed by atoms with Crippen LogP contribution in [0, 0.1) is 0 Å². The maximum Gasteiger partial charge on any atom is 0.257 e. The minimum Gasteiger partial charge on any atom is -0.508 e. The number of hydrogen-bond donors (Lipinski definition) is 3. The largest absolute Gasteiger partial charge is 0.508 e. The number of amides is 1. The number of phenols is 1. The van der Waals surface area contributed by atoms with Gasteiger partial charge in [-0.25, -0.2) is 0 Å². The average Bonchev–Trinajstić information content (AvgIpc) is 2.49. The Kier molecular flexibility index (Phi) is 5.54. The average molecular weight is 330 g/mol. The van der Waals surface area contributed by atoms with E-state index in [2.05, 4.69) is 10.6 Å². The topological polar surface area (TPSA) is 70.6 Å². The molecule has 0 unspecified atom stereocenters. The third-order valence-electron chi connectivity index (χ3n) is 2.84. The molecule has 5 nitrogen and oxygen atoms in total. The van der Waals surface area contributed by atoms with Crippen LogP contribution in [-0.4, -0.2) is 22.2 Å². The Hall–Kier alpha value is -2.60. The van der Waals surface area contributed by atoms with Crippen molar-refractivity contribution in [1.82, 2.24) is 5.32 Å². The fourth-order valence-corrected chi connectivity index (χ4v) is 2.05. The van der Waals surface area contributed by atoms with E-state index in [-0.39, 0.29) is 22.9 Å². The normalized spacial score (nSPS) is 10.2. The molecule has 0 saturated heterocycles. The lowest BCUT2D eigenvalue weighted by Crippen LogP contribution is -2.34. The Labute approximate surface area is 140 Å². The van der Waals surface area contributed by atoms with Gasteiger partial charge in [0.1, 0.15) is 11.5 Å². The van der Waals surface area contributed by atoms with Crippen molar-refractivity contribution < 1.29 is 14.6 Å². The molecular formula is C17H18N2O3S. The van der Waals surface area contributed by atoms with Crippen LogP contribution >= 0.6 is 12.2 Å². The van der Waals surface area contributed by atoms with Gasteiger partial charge in [-0.3, -0.25) is 10.1 Å². The van der Waals surface area contributed by atoms with Gasteiger partial charge >= 0.3 is 0 Å². The van der Waals surface area contributed by atoms with Crippen LogP contribution in [0.15, 0.2) is 48.5 Å². The monoisotopic (exact) mass is 330 g/mol. The van der Waals surface area contributed by atoms with E-state index in [0.717, 1.165) is 0 Å². The molecule has 120 valence electrons. The fourth-order valence-electron chi connectivity index (χ4n) is 1.84. The van der Waals surface area contributed by atoms with Gasteiger partial charge in [-0.15, -0.1) is 0 Å². The van der Waals surface area contributed by atoms with Crippen LogP contribution < -0.4 is 15.4 Å². The molecule has 23 heavy (non-hydrogen) atoms. The zero-order valence-electron chi connectivity index (χ0n) is 12.9. The predicted molar refractivity (Wildman–Crippen MR) is 94.0 cm³/mol. The third-order valence-corrected chi connectivity index (χ3v) is 3.04. The van der Waals surface area contributed by atoms with Crippen molar-refractivity contribution in [2.24, 2.45) is 0 Å². The first-order valence-electron chi connectivity index (χ1n) is 7.12. The van der Waals surface area contributed by atoms with E-state index >= 15 is 0 Å². The Bertz CT molecular complexity index is 682.